The summed E-state index contributed by atoms with van der Waals surface area (Å²) in [6.07, 6.45) is 1.85. The number of carbonyl (C=O) groups is 1. The van der Waals surface area contributed by atoms with Crippen LogP contribution in [0.4, 0.5) is 5.69 Å². The summed E-state index contributed by atoms with van der Waals surface area (Å²) in [5.41, 5.74) is 1.71. The van der Waals surface area contributed by atoms with Gasteiger partial charge in [-0.2, -0.15) is 0 Å². The van der Waals surface area contributed by atoms with Gasteiger partial charge in [0.1, 0.15) is 5.75 Å². The van der Waals surface area contributed by atoms with Crippen LogP contribution in [-0.2, 0) is 14.8 Å². The van der Waals surface area contributed by atoms with E-state index in [-0.39, 0.29) is 30.9 Å². The van der Waals surface area contributed by atoms with Crippen molar-refractivity contribution in [3.05, 3.63) is 60.2 Å². The molecule has 2 aromatic rings. The van der Waals surface area contributed by atoms with Crippen LogP contribution in [-0.4, -0.2) is 39.8 Å². The lowest BCUT2D eigenvalue weighted by Gasteiger charge is -2.23. The first-order valence-electron chi connectivity index (χ1n) is 10.2. The zero-order chi connectivity index (χ0) is 22.1. The summed E-state index contributed by atoms with van der Waals surface area (Å²) in [4.78, 5) is 12.2. The maximum atomic E-state index is 12.3. The van der Waals surface area contributed by atoms with Crippen LogP contribution in [0.3, 0.4) is 0 Å². The van der Waals surface area contributed by atoms with Crippen molar-refractivity contribution in [3.63, 3.8) is 0 Å². The summed E-state index contributed by atoms with van der Waals surface area (Å²) in [7, 11) is -3.48. The third-order valence-electron chi connectivity index (χ3n) is 4.62. The molecule has 6 nitrogen and oxygen atoms in total. The first kappa shape index (κ1) is 23.7. The molecule has 0 aliphatic rings. The number of ether oxygens (including phenoxy) is 1. The third kappa shape index (κ3) is 7.71. The summed E-state index contributed by atoms with van der Waals surface area (Å²) in [6, 6.07) is 17.0. The van der Waals surface area contributed by atoms with Crippen LogP contribution in [0.1, 0.15) is 45.1 Å². The minimum atomic E-state index is -3.48. The van der Waals surface area contributed by atoms with Crippen molar-refractivity contribution in [2.45, 2.75) is 45.6 Å². The van der Waals surface area contributed by atoms with Crippen molar-refractivity contribution in [3.8, 4) is 5.75 Å². The number of anilines is 1. The number of hydrogen-bond donors (Lipinski definition) is 1. The Morgan fingerprint density at radius 1 is 1.07 bits per heavy atom. The Hall–Kier alpha value is -2.54. The molecule has 1 atom stereocenters. The van der Waals surface area contributed by atoms with E-state index in [4.69, 9.17) is 4.74 Å². The molecule has 2 aromatic carbocycles. The van der Waals surface area contributed by atoms with Crippen molar-refractivity contribution in [2.24, 2.45) is 0 Å². The summed E-state index contributed by atoms with van der Waals surface area (Å²) in [5.74, 6) is 0.748. The topological polar surface area (TPSA) is 75.7 Å². The molecule has 0 spiro atoms. The van der Waals surface area contributed by atoms with E-state index in [1.807, 2.05) is 44.2 Å². The van der Waals surface area contributed by atoms with Crippen LogP contribution < -0.4 is 14.4 Å². The van der Waals surface area contributed by atoms with Crippen molar-refractivity contribution in [1.29, 1.82) is 0 Å². The largest absolute Gasteiger partial charge is 0.491 e. The Kier molecular flexibility index (Phi) is 8.72. The standard InChI is InChI=1S/C23H32N2O4S/c1-18(2)29-22-13-8-12-21(16-22)25(30(4,27)28)15-9-14-23(26)24-17-19(3)20-10-6-5-7-11-20/h5-8,10-13,16,18-19H,9,14-15,17H2,1-4H3,(H,24,26)/t19-/m0/s1. The van der Waals surface area contributed by atoms with Gasteiger partial charge >= 0.3 is 0 Å². The molecule has 2 rings (SSSR count). The van der Waals surface area contributed by atoms with Gasteiger partial charge in [-0.25, -0.2) is 8.42 Å². The highest BCUT2D eigenvalue weighted by Crippen LogP contribution is 2.24. The van der Waals surface area contributed by atoms with Crippen molar-refractivity contribution >= 4 is 21.6 Å². The molecular formula is C23H32N2O4S. The SMILES string of the molecule is CC(C)Oc1cccc(N(CCCC(=O)NC[C@H](C)c2ccccc2)S(C)(=O)=O)c1. The lowest BCUT2D eigenvalue weighted by Crippen LogP contribution is -2.32. The number of amides is 1. The van der Waals surface area contributed by atoms with E-state index in [2.05, 4.69) is 12.2 Å². The molecule has 0 aliphatic heterocycles. The van der Waals surface area contributed by atoms with Crippen LogP contribution >= 0.6 is 0 Å². The van der Waals surface area contributed by atoms with Crippen molar-refractivity contribution in [1.82, 2.24) is 5.32 Å². The Morgan fingerprint density at radius 2 is 1.77 bits per heavy atom. The third-order valence-corrected chi connectivity index (χ3v) is 5.81. The first-order valence-corrected chi connectivity index (χ1v) is 12.1. The molecular weight excluding hydrogens is 400 g/mol. The van der Waals surface area contributed by atoms with E-state index >= 15 is 0 Å². The van der Waals surface area contributed by atoms with Crippen molar-refractivity contribution in [2.75, 3.05) is 23.7 Å². The molecule has 30 heavy (non-hydrogen) atoms. The molecule has 164 valence electrons. The lowest BCUT2D eigenvalue weighted by molar-refractivity contribution is -0.121. The maximum Gasteiger partial charge on any atom is 0.232 e. The minimum Gasteiger partial charge on any atom is -0.491 e. The zero-order valence-corrected chi connectivity index (χ0v) is 19.0. The molecule has 0 bridgehead atoms. The molecule has 0 saturated heterocycles. The second-order valence-corrected chi connectivity index (χ2v) is 9.63. The molecule has 0 heterocycles. The number of hydrogen-bond acceptors (Lipinski definition) is 4. The minimum absolute atomic E-state index is 0.00564. The molecule has 0 saturated carbocycles. The van der Waals surface area contributed by atoms with Gasteiger partial charge in [-0.1, -0.05) is 43.3 Å². The number of benzene rings is 2. The number of nitrogens with one attached hydrogen (secondary N) is 1. The Bertz CT molecular complexity index is 914. The Balaban J connectivity index is 1.90. The Morgan fingerprint density at radius 3 is 2.40 bits per heavy atom. The second-order valence-electron chi connectivity index (χ2n) is 7.72. The second kappa shape index (κ2) is 11.0. The smallest absolute Gasteiger partial charge is 0.232 e. The fourth-order valence-electron chi connectivity index (χ4n) is 3.11. The predicted molar refractivity (Wildman–Crippen MR) is 121 cm³/mol. The number of nitrogens with zero attached hydrogens (tertiary/aromatic N) is 1. The monoisotopic (exact) mass is 432 g/mol. The van der Waals surface area contributed by atoms with Crippen LogP contribution in [0.25, 0.3) is 0 Å². The van der Waals surface area contributed by atoms with Gasteiger partial charge in [-0.15, -0.1) is 0 Å². The van der Waals surface area contributed by atoms with Gasteiger partial charge in [0.2, 0.25) is 15.9 Å². The van der Waals surface area contributed by atoms with Crippen LogP contribution in [0.5, 0.6) is 5.75 Å². The lowest BCUT2D eigenvalue weighted by atomic mass is 10.0. The Labute approximate surface area is 180 Å². The zero-order valence-electron chi connectivity index (χ0n) is 18.2. The number of sulfonamides is 1. The van der Waals surface area contributed by atoms with E-state index in [1.54, 1.807) is 24.3 Å². The molecule has 0 fully saturated rings. The van der Waals surface area contributed by atoms with Gasteiger partial charge in [0, 0.05) is 25.6 Å². The fraction of sp³-hybridized carbons (Fsp3) is 0.435. The van der Waals surface area contributed by atoms with Gasteiger partial charge < -0.3 is 10.1 Å². The van der Waals surface area contributed by atoms with E-state index in [1.165, 1.54) is 16.1 Å². The van der Waals surface area contributed by atoms with Crippen LogP contribution in [0.15, 0.2) is 54.6 Å². The molecule has 0 aromatic heterocycles. The molecule has 0 unspecified atom stereocenters. The molecule has 7 heteroatoms. The van der Waals surface area contributed by atoms with E-state index < -0.39 is 10.0 Å². The van der Waals surface area contributed by atoms with Gasteiger partial charge in [0.05, 0.1) is 18.0 Å². The molecule has 1 N–H and O–H groups in total. The highest BCUT2D eigenvalue weighted by Gasteiger charge is 2.18. The molecule has 1 amide bonds. The van der Waals surface area contributed by atoms with Crippen LogP contribution in [0, 0.1) is 0 Å². The van der Waals surface area contributed by atoms with Gasteiger partial charge in [-0.3, -0.25) is 9.10 Å². The van der Waals surface area contributed by atoms with Gasteiger partial charge in [-0.05, 0) is 43.9 Å². The summed E-state index contributed by atoms with van der Waals surface area (Å²) in [5, 5.41) is 2.94. The quantitative estimate of drug-likeness (QED) is 0.584. The van der Waals surface area contributed by atoms with Gasteiger partial charge in [0.15, 0.2) is 0 Å². The highest BCUT2D eigenvalue weighted by atomic mass is 32.2. The summed E-state index contributed by atoms with van der Waals surface area (Å²) in [6.45, 7) is 6.67. The number of rotatable bonds is 11. The average molecular weight is 433 g/mol. The van der Waals surface area contributed by atoms with E-state index in [0.717, 1.165) is 0 Å². The van der Waals surface area contributed by atoms with E-state index in [9.17, 15) is 13.2 Å². The predicted octanol–water partition coefficient (Wildman–Crippen LogP) is 3.94. The maximum absolute atomic E-state index is 12.3. The number of carbonyl (C=O) groups excluding carboxylic acids is 1. The highest BCUT2D eigenvalue weighted by molar-refractivity contribution is 7.92. The van der Waals surface area contributed by atoms with E-state index in [0.29, 0.717) is 24.4 Å². The molecule has 0 aliphatic carbocycles. The fourth-order valence-corrected chi connectivity index (χ4v) is 4.07. The average Bonchev–Trinajstić information content (AvgIpc) is 2.68. The van der Waals surface area contributed by atoms with Crippen molar-refractivity contribution < 1.29 is 17.9 Å². The molecule has 0 radical (unpaired) electrons. The summed E-state index contributed by atoms with van der Waals surface area (Å²) < 4.78 is 31.6. The van der Waals surface area contributed by atoms with Crippen LogP contribution in [0.2, 0.25) is 0 Å². The summed E-state index contributed by atoms with van der Waals surface area (Å²) >= 11 is 0. The first-order chi connectivity index (χ1) is 14.2. The normalized spacial score (nSPS) is 12.4. The van der Waals surface area contributed by atoms with Gasteiger partial charge in [0.25, 0.3) is 0 Å².